The van der Waals surface area contributed by atoms with E-state index in [2.05, 4.69) is 34.6 Å². The number of hydrogen-bond acceptors (Lipinski definition) is 3. The van der Waals surface area contributed by atoms with Crippen molar-refractivity contribution in [2.75, 3.05) is 0 Å². The quantitative estimate of drug-likeness (QED) is 0.235. The summed E-state index contributed by atoms with van der Waals surface area (Å²) in [6, 6.07) is 0. The summed E-state index contributed by atoms with van der Waals surface area (Å²) >= 11 is 0. The highest BCUT2D eigenvalue weighted by Crippen LogP contribution is 2.58. The van der Waals surface area contributed by atoms with Gasteiger partial charge in [0.25, 0.3) is 0 Å². The fourth-order valence-electron chi connectivity index (χ4n) is 6.20. The Balaban J connectivity index is 1.69. The lowest BCUT2D eigenvalue weighted by Crippen LogP contribution is -2.64. The normalized spacial score (nSPS) is 36.5. The minimum Gasteiger partial charge on any atom is -0.345 e. The first-order valence-electron chi connectivity index (χ1n) is 12.2. The van der Waals surface area contributed by atoms with Crippen LogP contribution in [0.25, 0.3) is 0 Å². The maximum Gasteiger partial charge on any atom is 0.178 e. The van der Waals surface area contributed by atoms with Crippen LogP contribution >= 0.6 is 8.58 Å². The van der Waals surface area contributed by atoms with E-state index in [1.54, 1.807) is 0 Å². The van der Waals surface area contributed by atoms with Gasteiger partial charge in [0.2, 0.25) is 0 Å². The molecule has 4 fully saturated rings. The van der Waals surface area contributed by atoms with Crippen molar-refractivity contribution in [3.05, 3.63) is 0 Å². The Hall–Kier alpha value is 0.310. The molecule has 4 heterocycles. The Morgan fingerprint density at radius 3 is 2.36 bits per heavy atom. The van der Waals surface area contributed by atoms with E-state index >= 15 is 0 Å². The van der Waals surface area contributed by atoms with Gasteiger partial charge in [0.1, 0.15) is 0 Å². The van der Waals surface area contributed by atoms with E-state index in [9.17, 15) is 0 Å². The van der Waals surface area contributed by atoms with Crippen LogP contribution in [0, 0.1) is 23.7 Å². The highest BCUT2D eigenvalue weighted by molar-refractivity contribution is 7.39. The van der Waals surface area contributed by atoms with Gasteiger partial charge in [-0.1, -0.05) is 94.6 Å². The third-order valence-corrected chi connectivity index (χ3v) is 8.73. The van der Waals surface area contributed by atoms with Crippen molar-refractivity contribution >= 4 is 8.58 Å². The summed E-state index contributed by atoms with van der Waals surface area (Å²) in [7, 11) is 0.803. The molecule has 0 amide bonds. The van der Waals surface area contributed by atoms with Crippen LogP contribution in [0.15, 0.2) is 0 Å². The summed E-state index contributed by atoms with van der Waals surface area (Å²) in [6.07, 6.45) is 13.9. The molecule has 164 valence electrons. The van der Waals surface area contributed by atoms with Crippen LogP contribution in [0.4, 0.5) is 0 Å². The lowest BCUT2D eigenvalue weighted by Gasteiger charge is -2.59. The number of hydrogen-bond donors (Lipinski definition) is 0. The molecule has 0 aliphatic carbocycles. The maximum atomic E-state index is 6.71. The zero-order valence-electron chi connectivity index (χ0n) is 19.0. The summed E-state index contributed by atoms with van der Waals surface area (Å²) in [4.78, 5) is 0. The molecule has 0 saturated carbocycles. The van der Waals surface area contributed by atoms with Gasteiger partial charge in [-0.25, -0.2) is 0 Å². The summed E-state index contributed by atoms with van der Waals surface area (Å²) < 4.78 is 19.4. The van der Waals surface area contributed by atoms with Crippen LogP contribution in [0.3, 0.4) is 0 Å². The largest absolute Gasteiger partial charge is 0.345 e. The fourth-order valence-corrected chi connectivity index (χ4v) is 7.84. The van der Waals surface area contributed by atoms with Gasteiger partial charge in [0, 0.05) is 18.8 Å². The molecule has 0 radical (unpaired) electrons. The van der Waals surface area contributed by atoms with Crippen molar-refractivity contribution in [3.63, 3.8) is 0 Å². The predicted octanol–water partition coefficient (Wildman–Crippen LogP) is 7.29. The van der Waals surface area contributed by atoms with Gasteiger partial charge in [-0.3, -0.25) is 0 Å². The second kappa shape index (κ2) is 10.6. The highest BCUT2D eigenvalue weighted by atomic mass is 31.1. The topological polar surface area (TPSA) is 27.7 Å². The fraction of sp³-hybridized carbons (Fsp3) is 1.00. The van der Waals surface area contributed by atoms with Crippen LogP contribution in [-0.2, 0) is 14.2 Å². The Morgan fingerprint density at radius 2 is 1.68 bits per heavy atom. The van der Waals surface area contributed by atoms with E-state index < -0.39 is 0 Å². The van der Waals surface area contributed by atoms with Crippen molar-refractivity contribution < 1.29 is 14.2 Å². The zero-order valence-corrected chi connectivity index (χ0v) is 20.0. The smallest absolute Gasteiger partial charge is 0.178 e. The summed E-state index contributed by atoms with van der Waals surface area (Å²) in [6.45, 7) is 12.0. The van der Waals surface area contributed by atoms with E-state index in [0.717, 1.165) is 27.3 Å². The van der Waals surface area contributed by atoms with Crippen LogP contribution in [0.2, 0.25) is 0 Å². The Bertz CT molecular complexity index is 433. The predicted molar refractivity (Wildman–Crippen MR) is 119 cm³/mol. The SMILES string of the molecule is CCCCCCCC(C)C(C(C)CC(C)CCC)C12CC3OC(CC(O1)P3)O2. The van der Waals surface area contributed by atoms with Gasteiger partial charge in [-0.2, -0.15) is 0 Å². The van der Waals surface area contributed by atoms with Crippen molar-refractivity contribution in [2.24, 2.45) is 23.7 Å². The lowest BCUT2D eigenvalue weighted by atomic mass is 9.70. The number of rotatable bonds is 13. The molecular formula is C24H45O3P. The van der Waals surface area contributed by atoms with Crippen LogP contribution in [0.5, 0.6) is 0 Å². The van der Waals surface area contributed by atoms with Crippen molar-refractivity contribution in [2.45, 2.75) is 129 Å². The van der Waals surface area contributed by atoms with Crippen LogP contribution in [-0.4, -0.2) is 23.8 Å². The molecule has 9 unspecified atom stereocenters. The molecule has 0 aromatic heterocycles. The number of ether oxygens (including phenoxy) is 3. The van der Waals surface area contributed by atoms with E-state index in [4.69, 9.17) is 14.2 Å². The Labute approximate surface area is 175 Å². The van der Waals surface area contributed by atoms with Gasteiger partial charge >= 0.3 is 0 Å². The van der Waals surface area contributed by atoms with Gasteiger partial charge in [0.05, 0.1) is 11.7 Å². The monoisotopic (exact) mass is 412 g/mol. The first-order chi connectivity index (χ1) is 13.5. The average molecular weight is 413 g/mol. The summed E-state index contributed by atoms with van der Waals surface area (Å²) in [5.74, 6) is 2.93. The first-order valence-corrected chi connectivity index (χ1v) is 13.4. The molecule has 4 saturated heterocycles. The molecule has 4 aliphatic rings. The molecule has 0 aromatic rings. The minimum absolute atomic E-state index is 0.0155. The first kappa shape index (κ1) is 23.0. The average Bonchev–Trinajstić information content (AvgIpc) is 2.60. The van der Waals surface area contributed by atoms with Crippen molar-refractivity contribution in [1.82, 2.24) is 0 Å². The maximum absolute atomic E-state index is 6.71. The van der Waals surface area contributed by atoms with E-state index in [1.165, 1.54) is 57.8 Å². The lowest BCUT2D eigenvalue weighted by molar-refractivity contribution is -0.425. The molecule has 3 nitrogen and oxygen atoms in total. The van der Waals surface area contributed by atoms with E-state index in [0.29, 0.717) is 29.4 Å². The van der Waals surface area contributed by atoms with Crippen LogP contribution < -0.4 is 0 Å². The Kier molecular flexibility index (Phi) is 8.67. The third kappa shape index (κ3) is 5.51. The standard InChI is InChI=1S/C24H45O3P/c1-6-8-9-10-11-13-18(4)23(19(5)14-17(3)12-7-2)24-16-22-25-20(26-24)15-21(27-24)28-22/h17-23,28H,6-16H2,1-5H3. The molecule has 9 atom stereocenters. The van der Waals surface area contributed by atoms with Gasteiger partial charge in [-0.05, 0) is 24.2 Å². The van der Waals surface area contributed by atoms with Gasteiger partial charge in [-0.15, -0.1) is 0 Å². The second-order valence-electron chi connectivity index (χ2n) is 10.0. The van der Waals surface area contributed by atoms with Gasteiger partial charge in [0.15, 0.2) is 12.1 Å². The highest BCUT2D eigenvalue weighted by Gasteiger charge is 2.59. The van der Waals surface area contributed by atoms with Crippen LogP contribution in [0.1, 0.15) is 105 Å². The molecule has 4 heteroatoms. The minimum atomic E-state index is -0.379. The molecule has 4 aliphatic heterocycles. The molecule has 0 spiro atoms. The summed E-state index contributed by atoms with van der Waals surface area (Å²) in [5, 5.41) is 0. The molecule has 28 heavy (non-hydrogen) atoms. The molecule has 4 bridgehead atoms. The van der Waals surface area contributed by atoms with E-state index in [-0.39, 0.29) is 12.1 Å². The second-order valence-corrected chi connectivity index (χ2v) is 11.6. The van der Waals surface area contributed by atoms with Crippen molar-refractivity contribution in [1.29, 1.82) is 0 Å². The molecule has 4 rings (SSSR count). The van der Waals surface area contributed by atoms with Gasteiger partial charge < -0.3 is 14.2 Å². The third-order valence-electron chi connectivity index (χ3n) is 7.29. The zero-order chi connectivity index (χ0) is 20.1. The van der Waals surface area contributed by atoms with Crippen molar-refractivity contribution in [3.8, 4) is 0 Å². The molecular weight excluding hydrogens is 367 g/mol. The van der Waals surface area contributed by atoms with E-state index in [1.807, 2.05) is 0 Å². The Morgan fingerprint density at radius 1 is 0.893 bits per heavy atom. The molecule has 0 N–H and O–H groups in total. The number of unbranched alkanes of at least 4 members (excludes halogenated alkanes) is 4. The molecule has 0 aromatic carbocycles. The summed E-state index contributed by atoms with van der Waals surface area (Å²) in [5.41, 5.74) is 0.